The molecule has 0 bridgehead atoms. The van der Waals surface area contributed by atoms with Crippen LogP contribution in [0.4, 0.5) is 0 Å². The SMILES string of the molecule is CCCCC[O][Zr]([Br])([O]CCCCC)[O]CCCCC. The Balaban J connectivity index is 3.98. The van der Waals surface area contributed by atoms with Gasteiger partial charge in [0, 0.05) is 0 Å². The fourth-order valence-electron chi connectivity index (χ4n) is 1.76. The molecule has 5 heteroatoms. The predicted molar refractivity (Wildman–Crippen MR) is 85.4 cm³/mol. The molecule has 0 radical (unpaired) electrons. The molecule has 0 N–H and O–H groups in total. The fourth-order valence-corrected chi connectivity index (χ4v) is 8.11. The number of hydrogen-bond donors (Lipinski definition) is 0. The Bertz CT molecular complexity index is 174. The van der Waals surface area contributed by atoms with Crippen molar-refractivity contribution in [1.82, 2.24) is 0 Å². The molecule has 122 valence electrons. The quantitative estimate of drug-likeness (QED) is 0.305. The molecule has 3 nitrogen and oxygen atoms in total. The van der Waals surface area contributed by atoms with Crippen molar-refractivity contribution in [3.05, 3.63) is 0 Å². The summed E-state index contributed by atoms with van der Waals surface area (Å²) < 4.78 is 17.9. The molecule has 0 aliphatic heterocycles. The first kappa shape index (κ1) is 21.2. The second-order valence-electron chi connectivity index (χ2n) is 5.15. The van der Waals surface area contributed by atoms with E-state index in [9.17, 15) is 0 Å². The van der Waals surface area contributed by atoms with E-state index in [-0.39, 0.29) is 0 Å². The van der Waals surface area contributed by atoms with Gasteiger partial charge in [0.25, 0.3) is 0 Å². The van der Waals surface area contributed by atoms with Gasteiger partial charge in [-0.05, 0) is 0 Å². The van der Waals surface area contributed by atoms with E-state index in [1.807, 2.05) is 0 Å². The van der Waals surface area contributed by atoms with E-state index in [4.69, 9.17) is 8.44 Å². The monoisotopic (exact) mass is 430 g/mol. The Morgan fingerprint density at radius 2 is 0.900 bits per heavy atom. The molecular weight excluding hydrogens is 399 g/mol. The molecule has 0 saturated carbocycles. The first-order chi connectivity index (χ1) is 9.68. The van der Waals surface area contributed by atoms with Gasteiger partial charge in [-0.2, -0.15) is 0 Å². The second kappa shape index (κ2) is 15.2. The summed E-state index contributed by atoms with van der Waals surface area (Å²) in [5.41, 5.74) is 0. The first-order valence-electron chi connectivity index (χ1n) is 8.29. The normalized spacial score (nSPS) is 12.0. The standard InChI is InChI=1S/3C5H11O.BrH.Zr/c3*1-2-3-4-5-6;;/h3*2-5H2,1H3;1H;/q3*-1;;+4/p-1. The molecule has 0 aliphatic carbocycles. The Labute approximate surface area is 137 Å². The van der Waals surface area contributed by atoms with Gasteiger partial charge in [-0.25, -0.2) is 0 Å². The van der Waals surface area contributed by atoms with Crippen LogP contribution in [0.5, 0.6) is 0 Å². The minimum atomic E-state index is -3.38. The average Bonchev–Trinajstić information content (AvgIpc) is 2.45. The number of unbranched alkanes of at least 4 members (excludes halogenated alkanes) is 6. The van der Waals surface area contributed by atoms with Crippen molar-refractivity contribution in [2.75, 3.05) is 19.8 Å². The zero-order valence-electron chi connectivity index (χ0n) is 13.6. The van der Waals surface area contributed by atoms with Crippen molar-refractivity contribution in [3.8, 4) is 0 Å². The van der Waals surface area contributed by atoms with Crippen LogP contribution in [0, 0.1) is 0 Å². The van der Waals surface area contributed by atoms with E-state index >= 15 is 0 Å². The molecule has 0 atom stereocenters. The Hall–Kier alpha value is 1.24. The van der Waals surface area contributed by atoms with E-state index in [0.717, 1.165) is 39.1 Å². The van der Waals surface area contributed by atoms with E-state index in [2.05, 4.69) is 33.0 Å². The Morgan fingerprint density at radius 1 is 0.600 bits per heavy atom. The van der Waals surface area contributed by atoms with Gasteiger partial charge in [0.15, 0.2) is 0 Å². The summed E-state index contributed by atoms with van der Waals surface area (Å²) in [6, 6.07) is 0. The van der Waals surface area contributed by atoms with E-state index in [1.165, 1.54) is 38.5 Å². The van der Waals surface area contributed by atoms with Crippen molar-refractivity contribution >= 4 is 12.2 Å². The van der Waals surface area contributed by atoms with Crippen molar-refractivity contribution in [2.24, 2.45) is 0 Å². The summed E-state index contributed by atoms with van der Waals surface area (Å²) in [4.78, 5) is 0. The van der Waals surface area contributed by atoms with E-state index in [1.54, 1.807) is 0 Å². The summed E-state index contributed by atoms with van der Waals surface area (Å²) >= 11 is 0.306. The molecular formula is C15H33BrO3Zr. The van der Waals surface area contributed by atoms with Crippen LogP contribution in [0.25, 0.3) is 0 Å². The van der Waals surface area contributed by atoms with Gasteiger partial charge in [-0.3, -0.25) is 0 Å². The van der Waals surface area contributed by atoms with Crippen LogP contribution in [0.2, 0.25) is 0 Å². The van der Waals surface area contributed by atoms with Crippen LogP contribution in [0.1, 0.15) is 78.6 Å². The Morgan fingerprint density at radius 3 is 1.15 bits per heavy atom. The maximum atomic E-state index is 5.97. The van der Waals surface area contributed by atoms with Crippen LogP contribution in [0.3, 0.4) is 0 Å². The topological polar surface area (TPSA) is 27.7 Å². The van der Waals surface area contributed by atoms with Crippen molar-refractivity contribution < 1.29 is 27.7 Å². The second-order valence-corrected chi connectivity index (χ2v) is 15.4. The molecule has 0 aliphatic rings. The van der Waals surface area contributed by atoms with Gasteiger partial charge in [0.1, 0.15) is 0 Å². The van der Waals surface area contributed by atoms with Gasteiger partial charge in [-0.15, -0.1) is 0 Å². The molecule has 0 saturated heterocycles. The summed E-state index contributed by atoms with van der Waals surface area (Å²) in [7, 11) is 0. The molecule has 0 fully saturated rings. The van der Waals surface area contributed by atoms with Crippen molar-refractivity contribution in [1.29, 1.82) is 0 Å². The molecule has 0 unspecified atom stereocenters. The summed E-state index contributed by atoms with van der Waals surface area (Å²) in [5, 5.41) is 0. The predicted octanol–water partition coefficient (Wildman–Crippen LogP) is 5.82. The van der Waals surface area contributed by atoms with Crippen LogP contribution >= 0.6 is 12.2 Å². The van der Waals surface area contributed by atoms with Crippen LogP contribution in [0.15, 0.2) is 0 Å². The van der Waals surface area contributed by atoms with E-state index in [0.29, 0.717) is 0 Å². The van der Waals surface area contributed by atoms with Crippen molar-refractivity contribution in [2.45, 2.75) is 78.6 Å². The number of halogens is 1. The molecule has 0 heterocycles. The fraction of sp³-hybridized carbons (Fsp3) is 1.00. The average molecular weight is 433 g/mol. The number of hydrogen-bond acceptors (Lipinski definition) is 3. The van der Waals surface area contributed by atoms with Gasteiger partial charge in [-0.1, -0.05) is 0 Å². The number of rotatable bonds is 15. The summed E-state index contributed by atoms with van der Waals surface area (Å²) in [5.74, 6) is 0. The first-order valence-corrected chi connectivity index (χ1v) is 16.9. The van der Waals surface area contributed by atoms with Crippen LogP contribution in [-0.4, -0.2) is 19.8 Å². The van der Waals surface area contributed by atoms with Crippen molar-refractivity contribution in [3.63, 3.8) is 0 Å². The zero-order valence-corrected chi connectivity index (χ0v) is 17.6. The minimum absolute atomic E-state index is 0.761. The molecule has 0 aromatic carbocycles. The zero-order chi connectivity index (χ0) is 15.1. The van der Waals surface area contributed by atoms with E-state index < -0.39 is 19.2 Å². The van der Waals surface area contributed by atoms with Gasteiger partial charge < -0.3 is 0 Å². The maximum absolute atomic E-state index is 5.97. The van der Waals surface area contributed by atoms with Gasteiger partial charge in [0.05, 0.1) is 0 Å². The molecule has 20 heavy (non-hydrogen) atoms. The molecule has 0 aromatic heterocycles. The van der Waals surface area contributed by atoms with Gasteiger partial charge in [0.2, 0.25) is 0 Å². The van der Waals surface area contributed by atoms with Crippen LogP contribution in [-0.2, 0) is 27.7 Å². The van der Waals surface area contributed by atoms with Gasteiger partial charge >= 0.3 is 138 Å². The molecule has 0 spiro atoms. The van der Waals surface area contributed by atoms with Crippen LogP contribution < -0.4 is 0 Å². The Kier molecular flexibility index (Phi) is 16.1. The summed E-state index contributed by atoms with van der Waals surface area (Å²) in [6.45, 7) is 8.89. The molecule has 0 rings (SSSR count). The third-order valence-corrected chi connectivity index (χ3v) is 11.2. The third kappa shape index (κ3) is 12.9. The molecule has 0 amide bonds. The summed E-state index contributed by atoms with van der Waals surface area (Å²) in [6.07, 6.45) is 10.5. The molecule has 0 aromatic rings. The third-order valence-electron chi connectivity index (χ3n) is 3.07.